The molecule has 2 nitrogen and oxygen atoms in total. The second-order valence-electron chi connectivity index (χ2n) is 3.22. The van der Waals surface area contributed by atoms with Crippen LogP contribution >= 0.6 is 0 Å². The van der Waals surface area contributed by atoms with Gasteiger partial charge in [0.15, 0.2) is 0 Å². The van der Waals surface area contributed by atoms with Crippen LogP contribution in [-0.4, -0.2) is 0 Å². The van der Waals surface area contributed by atoms with Crippen molar-refractivity contribution in [3.63, 3.8) is 0 Å². The van der Waals surface area contributed by atoms with Gasteiger partial charge in [0.1, 0.15) is 0 Å². The van der Waals surface area contributed by atoms with Gasteiger partial charge in [-0.25, -0.2) is 0 Å². The number of anilines is 2. The molecular weight excluding hydrogens is 172 g/mol. The van der Waals surface area contributed by atoms with Crippen molar-refractivity contribution < 1.29 is 0 Å². The standard InChI is InChI=1S/C12H16N2/c1-2-3-4-5-7-10-11(13)8-6-9-12(10)14/h6,8-9H,2-4,13-14H2,1H3. The van der Waals surface area contributed by atoms with Crippen LogP contribution in [0.1, 0.15) is 31.7 Å². The van der Waals surface area contributed by atoms with E-state index in [-0.39, 0.29) is 0 Å². The summed E-state index contributed by atoms with van der Waals surface area (Å²) in [6.07, 6.45) is 3.19. The summed E-state index contributed by atoms with van der Waals surface area (Å²) in [5.41, 5.74) is 13.6. The van der Waals surface area contributed by atoms with E-state index >= 15 is 0 Å². The first kappa shape index (κ1) is 10.5. The maximum absolute atomic E-state index is 5.75. The molecule has 0 heterocycles. The quantitative estimate of drug-likeness (QED) is 0.425. The van der Waals surface area contributed by atoms with Crippen LogP contribution in [0.25, 0.3) is 0 Å². The Morgan fingerprint density at radius 2 is 1.86 bits per heavy atom. The minimum absolute atomic E-state index is 0.661. The smallest absolute Gasteiger partial charge is 0.0704 e. The van der Waals surface area contributed by atoms with Crippen molar-refractivity contribution in [2.24, 2.45) is 0 Å². The van der Waals surface area contributed by atoms with E-state index in [1.807, 2.05) is 18.2 Å². The van der Waals surface area contributed by atoms with Crippen LogP contribution in [0.3, 0.4) is 0 Å². The number of hydrogen-bond donors (Lipinski definition) is 2. The lowest BCUT2D eigenvalue weighted by Gasteiger charge is -2.00. The molecule has 0 saturated carbocycles. The van der Waals surface area contributed by atoms with E-state index in [4.69, 9.17) is 11.5 Å². The molecule has 1 aromatic rings. The zero-order chi connectivity index (χ0) is 10.4. The van der Waals surface area contributed by atoms with Crippen LogP contribution in [0.5, 0.6) is 0 Å². The van der Waals surface area contributed by atoms with E-state index in [0.29, 0.717) is 11.4 Å². The second kappa shape index (κ2) is 5.18. The minimum atomic E-state index is 0.661. The molecule has 1 rings (SSSR count). The predicted molar refractivity (Wildman–Crippen MR) is 61.7 cm³/mol. The van der Waals surface area contributed by atoms with Crippen molar-refractivity contribution >= 4 is 11.4 Å². The van der Waals surface area contributed by atoms with Gasteiger partial charge in [0.05, 0.1) is 5.56 Å². The summed E-state index contributed by atoms with van der Waals surface area (Å²) in [4.78, 5) is 0. The molecule has 0 aliphatic rings. The summed E-state index contributed by atoms with van der Waals surface area (Å²) in [5.74, 6) is 6.09. The molecule has 0 bridgehead atoms. The van der Waals surface area contributed by atoms with E-state index in [0.717, 1.165) is 24.8 Å². The Morgan fingerprint density at radius 3 is 2.43 bits per heavy atom. The second-order valence-corrected chi connectivity index (χ2v) is 3.22. The van der Waals surface area contributed by atoms with Gasteiger partial charge in [0.25, 0.3) is 0 Å². The number of benzene rings is 1. The van der Waals surface area contributed by atoms with Crippen LogP contribution in [0.2, 0.25) is 0 Å². The first-order valence-corrected chi connectivity index (χ1v) is 4.88. The molecule has 1 aromatic carbocycles. The highest BCUT2D eigenvalue weighted by molar-refractivity contribution is 5.68. The van der Waals surface area contributed by atoms with Crippen LogP contribution in [0, 0.1) is 11.8 Å². The number of unbranched alkanes of at least 4 members (excludes halogenated alkanes) is 2. The molecule has 74 valence electrons. The zero-order valence-corrected chi connectivity index (χ0v) is 8.51. The molecule has 0 unspecified atom stereocenters. The van der Waals surface area contributed by atoms with Gasteiger partial charge in [-0.3, -0.25) is 0 Å². The molecule has 0 aliphatic carbocycles. The highest BCUT2D eigenvalue weighted by Crippen LogP contribution is 2.17. The van der Waals surface area contributed by atoms with Crippen LogP contribution in [-0.2, 0) is 0 Å². The third-order valence-electron chi connectivity index (χ3n) is 2.00. The average molecular weight is 188 g/mol. The third-order valence-corrected chi connectivity index (χ3v) is 2.00. The van der Waals surface area contributed by atoms with Gasteiger partial charge in [-0.15, -0.1) is 0 Å². The summed E-state index contributed by atoms with van der Waals surface area (Å²) < 4.78 is 0. The Kier molecular flexibility index (Phi) is 3.87. The normalized spacial score (nSPS) is 9.21. The Labute approximate surface area is 85.3 Å². The molecule has 0 amide bonds. The maximum Gasteiger partial charge on any atom is 0.0704 e. The van der Waals surface area contributed by atoms with Gasteiger partial charge >= 0.3 is 0 Å². The lowest BCUT2D eigenvalue weighted by atomic mass is 10.1. The van der Waals surface area contributed by atoms with Crippen LogP contribution < -0.4 is 11.5 Å². The molecule has 0 spiro atoms. The predicted octanol–water partition coefficient (Wildman–Crippen LogP) is 2.39. The van der Waals surface area contributed by atoms with Crippen molar-refractivity contribution in [3.8, 4) is 11.8 Å². The van der Waals surface area contributed by atoms with Crippen LogP contribution in [0.4, 0.5) is 11.4 Å². The summed E-state index contributed by atoms with van der Waals surface area (Å²) >= 11 is 0. The molecule has 0 atom stereocenters. The average Bonchev–Trinajstić information content (AvgIpc) is 2.16. The number of rotatable bonds is 2. The third kappa shape index (κ3) is 2.70. The van der Waals surface area contributed by atoms with Gasteiger partial charge in [-0.1, -0.05) is 31.3 Å². The molecule has 0 saturated heterocycles. The lowest BCUT2D eigenvalue weighted by molar-refractivity contribution is 0.828. The number of nitrogen functional groups attached to an aromatic ring is 2. The molecule has 2 heteroatoms. The van der Waals surface area contributed by atoms with Gasteiger partial charge in [0.2, 0.25) is 0 Å². The fourth-order valence-electron chi connectivity index (χ4n) is 1.15. The van der Waals surface area contributed by atoms with Crippen molar-refractivity contribution in [3.05, 3.63) is 23.8 Å². The zero-order valence-electron chi connectivity index (χ0n) is 8.51. The molecule has 0 fully saturated rings. The molecule has 0 radical (unpaired) electrons. The largest absolute Gasteiger partial charge is 0.398 e. The number of hydrogen-bond acceptors (Lipinski definition) is 2. The molecule has 0 aliphatic heterocycles. The van der Waals surface area contributed by atoms with E-state index in [9.17, 15) is 0 Å². The first-order valence-electron chi connectivity index (χ1n) is 4.88. The van der Waals surface area contributed by atoms with Crippen molar-refractivity contribution in [1.82, 2.24) is 0 Å². The van der Waals surface area contributed by atoms with Crippen molar-refractivity contribution in [2.45, 2.75) is 26.2 Å². The van der Waals surface area contributed by atoms with E-state index in [1.54, 1.807) is 0 Å². The first-order chi connectivity index (χ1) is 6.75. The highest BCUT2D eigenvalue weighted by Gasteiger charge is 1.98. The Morgan fingerprint density at radius 1 is 1.21 bits per heavy atom. The summed E-state index contributed by atoms with van der Waals surface area (Å²) in [7, 11) is 0. The molecular formula is C12H16N2. The fraction of sp³-hybridized carbons (Fsp3) is 0.333. The van der Waals surface area contributed by atoms with Crippen molar-refractivity contribution in [2.75, 3.05) is 11.5 Å². The highest BCUT2D eigenvalue weighted by atomic mass is 14.6. The van der Waals surface area contributed by atoms with Gasteiger partial charge < -0.3 is 11.5 Å². The molecule has 0 aromatic heterocycles. The van der Waals surface area contributed by atoms with Gasteiger partial charge in [-0.2, -0.15) is 0 Å². The Hall–Kier alpha value is -1.62. The van der Waals surface area contributed by atoms with Crippen molar-refractivity contribution in [1.29, 1.82) is 0 Å². The Balaban J connectivity index is 2.78. The van der Waals surface area contributed by atoms with Gasteiger partial charge in [0, 0.05) is 17.8 Å². The Bertz CT molecular complexity index is 338. The van der Waals surface area contributed by atoms with Crippen LogP contribution in [0.15, 0.2) is 18.2 Å². The minimum Gasteiger partial charge on any atom is -0.398 e. The fourth-order valence-corrected chi connectivity index (χ4v) is 1.15. The van der Waals surface area contributed by atoms with E-state index in [1.165, 1.54) is 0 Å². The number of nitrogens with two attached hydrogens (primary N) is 2. The summed E-state index contributed by atoms with van der Waals surface area (Å²) in [6, 6.07) is 5.47. The van der Waals surface area contributed by atoms with E-state index in [2.05, 4.69) is 18.8 Å². The SMILES string of the molecule is CCCCC#Cc1c(N)cccc1N. The monoisotopic (exact) mass is 188 g/mol. The van der Waals surface area contributed by atoms with E-state index < -0.39 is 0 Å². The summed E-state index contributed by atoms with van der Waals surface area (Å²) in [5, 5.41) is 0. The van der Waals surface area contributed by atoms with Gasteiger partial charge in [-0.05, 0) is 18.6 Å². The molecule has 14 heavy (non-hydrogen) atoms. The lowest BCUT2D eigenvalue weighted by Crippen LogP contribution is -1.95. The summed E-state index contributed by atoms with van der Waals surface area (Å²) in [6.45, 7) is 2.15. The topological polar surface area (TPSA) is 52.0 Å². The molecule has 4 N–H and O–H groups in total. The maximum atomic E-state index is 5.75.